The highest BCUT2D eigenvalue weighted by Gasteiger charge is 2.36. The molecule has 3 rings (SSSR count). The third-order valence-corrected chi connectivity index (χ3v) is 4.51. The number of aromatic carboxylic acids is 1. The number of benzene rings is 1. The lowest BCUT2D eigenvalue weighted by molar-refractivity contribution is 0.0690. The van der Waals surface area contributed by atoms with Crippen molar-refractivity contribution in [1.29, 1.82) is 0 Å². The highest BCUT2D eigenvalue weighted by molar-refractivity contribution is 5.88. The predicted molar refractivity (Wildman–Crippen MR) is 74.6 cm³/mol. The van der Waals surface area contributed by atoms with E-state index in [1.165, 1.54) is 12.5 Å². The average Bonchev–Trinajstić information content (AvgIpc) is 2.87. The van der Waals surface area contributed by atoms with Gasteiger partial charge >= 0.3 is 5.97 Å². The van der Waals surface area contributed by atoms with E-state index in [9.17, 15) is 13.6 Å². The fraction of sp³-hybridized carbons (Fsp3) is 0.533. The first-order valence-corrected chi connectivity index (χ1v) is 7.30. The first kappa shape index (κ1) is 14.3. The van der Waals surface area contributed by atoms with Crippen molar-refractivity contribution in [2.24, 2.45) is 0 Å². The molecule has 2 unspecified atom stereocenters. The van der Waals surface area contributed by atoms with Crippen LogP contribution in [0.15, 0.2) is 12.1 Å². The molecule has 4 nitrogen and oxygen atoms in total. The number of nitrogens with one attached hydrogen (secondary N) is 1. The maximum absolute atomic E-state index is 14.0. The Labute approximate surface area is 121 Å². The summed E-state index contributed by atoms with van der Waals surface area (Å²) in [6.07, 6.45) is 4.31. The summed E-state index contributed by atoms with van der Waals surface area (Å²) in [4.78, 5) is 13.2. The van der Waals surface area contributed by atoms with Crippen molar-refractivity contribution < 1.29 is 18.7 Å². The summed E-state index contributed by atoms with van der Waals surface area (Å²) >= 11 is 0. The molecule has 0 radical (unpaired) electrons. The van der Waals surface area contributed by atoms with E-state index in [-0.39, 0.29) is 11.7 Å². The summed E-state index contributed by atoms with van der Waals surface area (Å²) in [6.45, 7) is 2.04. The summed E-state index contributed by atoms with van der Waals surface area (Å²) in [5.74, 6) is -3.87. The predicted octanol–water partition coefficient (Wildman–Crippen LogP) is 2.70. The molecule has 2 fully saturated rings. The van der Waals surface area contributed by atoms with Crippen LogP contribution in [-0.2, 0) is 0 Å². The fourth-order valence-corrected chi connectivity index (χ4v) is 3.44. The monoisotopic (exact) mass is 296 g/mol. The van der Waals surface area contributed by atoms with Crippen LogP contribution >= 0.6 is 0 Å². The fourth-order valence-electron chi connectivity index (χ4n) is 3.44. The Morgan fingerprint density at radius 3 is 2.76 bits per heavy atom. The second-order valence-electron chi connectivity index (χ2n) is 5.73. The highest BCUT2D eigenvalue weighted by atomic mass is 19.2. The molecule has 2 aliphatic rings. The van der Waals surface area contributed by atoms with Gasteiger partial charge in [0.05, 0.1) is 11.3 Å². The Bertz CT molecular complexity index is 565. The zero-order valence-corrected chi connectivity index (χ0v) is 11.6. The Balaban J connectivity index is 1.79. The number of nitrogens with zero attached hydrogens (tertiary/aromatic N) is 1. The smallest absolute Gasteiger partial charge is 0.338 e. The molecule has 0 aliphatic carbocycles. The molecule has 1 aromatic rings. The number of fused-ring (bicyclic) bond motifs is 1. The Kier molecular flexibility index (Phi) is 3.80. The SMILES string of the molecule is O=C(O)c1ccc(NC2CCN3CCCCC23)c(F)c1F. The lowest BCUT2D eigenvalue weighted by Gasteiger charge is -2.33. The van der Waals surface area contributed by atoms with Crippen molar-refractivity contribution in [3.8, 4) is 0 Å². The van der Waals surface area contributed by atoms with Gasteiger partial charge in [0.2, 0.25) is 0 Å². The molecule has 2 N–H and O–H groups in total. The van der Waals surface area contributed by atoms with Crippen molar-refractivity contribution in [3.63, 3.8) is 0 Å². The van der Waals surface area contributed by atoms with Crippen LogP contribution in [-0.4, -0.2) is 41.1 Å². The summed E-state index contributed by atoms with van der Waals surface area (Å²) in [5.41, 5.74) is -0.585. The van der Waals surface area contributed by atoms with Gasteiger partial charge in [0.15, 0.2) is 11.6 Å². The van der Waals surface area contributed by atoms with Crippen LogP contribution in [0.3, 0.4) is 0 Å². The Morgan fingerprint density at radius 1 is 1.19 bits per heavy atom. The lowest BCUT2D eigenvalue weighted by Crippen LogP contribution is -2.41. The van der Waals surface area contributed by atoms with Gasteiger partial charge in [-0.25, -0.2) is 13.6 Å². The number of hydrogen-bond donors (Lipinski definition) is 2. The molecule has 1 aromatic carbocycles. The number of halogens is 2. The van der Waals surface area contributed by atoms with Gasteiger partial charge in [-0.3, -0.25) is 4.90 Å². The third kappa shape index (κ3) is 2.60. The van der Waals surface area contributed by atoms with Crippen LogP contribution < -0.4 is 5.32 Å². The number of carbonyl (C=O) groups is 1. The molecule has 2 saturated heterocycles. The number of anilines is 1. The van der Waals surface area contributed by atoms with Crippen molar-refractivity contribution in [3.05, 3.63) is 29.3 Å². The molecule has 6 heteroatoms. The zero-order chi connectivity index (χ0) is 15.0. The third-order valence-electron chi connectivity index (χ3n) is 4.51. The number of piperidine rings is 1. The quantitative estimate of drug-likeness (QED) is 0.900. The molecule has 0 spiro atoms. The van der Waals surface area contributed by atoms with Gasteiger partial charge in [0.1, 0.15) is 0 Å². The van der Waals surface area contributed by atoms with Gasteiger partial charge in [-0.2, -0.15) is 0 Å². The molecule has 2 aliphatic heterocycles. The van der Waals surface area contributed by atoms with Crippen LogP contribution in [0.1, 0.15) is 36.0 Å². The van der Waals surface area contributed by atoms with E-state index < -0.39 is 23.2 Å². The minimum Gasteiger partial charge on any atom is -0.478 e. The number of carboxylic acid groups (broad SMARTS) is 1. The minimum absolute atomic E-state index is 0.0509. The van der Waals surface area contributed by atoms with Crippen LogP contribution in [0.2, 0.25) is 0 Å². The van der Waals surface area contributed by atoms with Crippen LogP contribution in [0, 0.1) is 11.6 Å². The second kappa shape index (κ2) is 5.60. The van der Waals surface area contributed by atoms with Gasteiger partial charge in [-0.1, -0.05) is 6.42 Å². The van der Waals surface area contributed by atoms with Crippen LogP contribution in [0.25, 0.3) is 0 Å². The van der Waals surface area contributed by atoms with Crippen LogP contribution in [0.4, 0.5) is 14.5 Å². The van der Waals surface area contributed by atoms with E-state index in [0.29, 0.717) is 6.04 Å². The average molecular weight is 296 g/mol. The molecule has 2 heterocycles. The largest absolute Gasteiger partial charge is 0.478 e. The van der Waals surface area contributed by atoms with E-state index in [2.05, 4.69) is 10.2 Å². The van der Waals surface area contributed by atoms with Crippen molar-refractivity contribution in [1.82, 2.24) is 4.90 Å². The normalized spacial score (nSPS) is 25.6. The summed E-state index contributed by atoms with van der Waals surface area (Å²) in [7, 11) is 0. The van der Waals surface area contributed by atoms with Crippen molar-refractivity contribution >= 4 is 11.7 Å². The molecule has 0 saturated carbocycles. The molecule has 0 aromatic heterocycles. The minimum atomic E-state index is -1.46. The van der Waals surface area contributed by atoms with Gasteiger partial charge in [-0.15, -0.1) is 0 Å². The second-order valence-corrected chi connectivity index (χ2v) is 5.73. The Hall–Kier alpha value is -1.69. The first-order valence-electron chi connectivity index (χ1n) is 7.30. The standard InChI is InChI=1S/C15H18F2N2O2/c16-13-9(15(20)21)4-5-11(14(13)17)18-10-6-8-19-7-2-1-3-12(10)19/h4-5,10,12,18H,1-3,6-8H2,(H,20,21). The molecular formula is C15H18F2N2O2. The maximum Gasteiger partial charge on any atom is 0.338 e. The number of rotatable bonds is 3. The highest BCUT2D eigenvalue weighted by Crippen LogP contribution is 2.30. The van der Waals surface area contributed by atoms with Gasteiger partial charge in [0, 0.05) is 18.6 Å². The molecule has 0 amide bonds. The van der Waals surface area contributed by atoms with Gasteiger partial charge in [-0.05, 0) is 37.9 Å². The first-order chi connectivity index (χ1) is 10.1. The van der Waals surface area contributed by atoms with Gasteiger partial charge < -0.3 is 10.4 Å². The summed E-state index contributed by atoms with van der Waals surface area (Å²) < 4.78 is 27.7. The van der Waals surface area contributed by atoms with E-state index in [1.807, 2.05) is 0 Å². The molecule has 114 valence electrons. The zero-order valence-electron chi connectivity index (χ0n) is 11.6. The van der Waals surface area contributed by atoms with Gasteiger partial charge in [0.25, 0.3) is 0 Å². The topological polar surface area (TPSA) is 52.6 Å². The summed E-state index contributed by atoms with van der Waals surface area (Å²) in [5, 5.41) is 11.9. The Morgan fingerprint density at radius 2 is 2.00 bits per heavy atom. The van der Waals surface area contributed by atoms with Crippen molar-refractivity contribution in [2.75, 3.05) is 18.4 Å². The van der Waals surface area contributed by atoms with Crippen molar-refractivity contribution in [2.45, 2.75) is 37.8 Å². The molecule has 21 heavy (non-hydrogen) atoms. The maximum atomic E-state index is 14.0. The molecular weight excluding hydrogens is 278 g/mol. The molecule has 0 bridgehead atoms. The summed E-state index contributed by atoms with van der Waals surface area (Å²) in [6, 6.07) is 2.87. The molecule has 2 atom stereocenters. The van der Waals surface area contributed by atoms with E-state index in [4.69, 9.17) is 5.11 Å². The van der Waals surface area contributed by atoms with E-state index in [0.717, 1.165) is 38.4 Å². The van der Waals surface area contributed by atoms with E-state index in [1.54, 1.807) is 0 Å². The number of hydrogen-bond acceptors (Lipinski definition) is 3. The lowest BCUT2D eigenvalue weighted by atomic mass is 9.98. The van der Waals surface area contributed by atoms with Crippen LogP contribution in [0.5, 0.6) is 0 Å². The van der Waals surface area contributed by atoms with E-state index >= 15 is 0 Å². The number of carboxylic acids is 1.